The number of hydrogen-bond acceptors (Lipinski definition) is 3. The monoisotopic (exact) mass is 260 g/mol. The summed E-state index contributed by atoms with van der Waals surface area (Å²) in [6.45, 7) is 6.58. The molecule has 1 aliphatic heterocycles. The Bertz CT molecular complexity index is 507. The van der Waals surface area contributed by atoms with E-state index < -0.39 is 5.41 Å². The molecule has 1 amide bonds. The summed E-state index contributed by atoms with van der Waals surface area (Å²) < 4.78 is 5.60. The minimum atomic E-state index is -0.527. The van der Waals surface area contributed by atoms with E-state index in [1.54, 1.807) is 0 Å². The van der Waals surface area contributed by atoms with Gasteiger partial charge in [-0.3, -0.25) is 10.2 Å². The second-order valence-electron chi connectivity index (χ2n) is 5.18. The summed E-state index contributed by atoms with van der Waals surface area (Å²) in [5.74, 6) is 0.837. The molecule has 0 bridgehead atoms. The van der Waals surface area contributed by atoms with Crippen LogP contribution < -0.4 is 15.6 Å². The standard InChI is InChI=1S/C15H20N2O2/c1-4-8-19-12-7-5-6-11(9-12)10-13-15(2,3)14(18)17-16-13/h5-7,9-10,16H,4,8H2,1-3H3,(H,17,18)/b13-10-. The lowest BCUT2D eigenvalue weighted by atomic mass is 9.89. The Morgan fingerprint density at radius 1 is 1.32 bits per heavy atom. The van der Waals surface area contributed by atoms with Gasteiger partial charge in [0.1, 0.15) is 5.75 Å². The molecule has 0 aliphatic carbocycles. The van der Waals surface area contributed by atoms with Crippen LogP contribution >= 0.6 is 0 Å². The first-order chi connectivity index (χ1) is 9.04. The molecule has 2 N–H and O–H groups in total. The van der Waals surface area contributed by atoms with Crippen LogP contribution in [-0.4, -0.2) is 12.5 Å². The van der Waals surface area contributed by atoms with Crippen molar-refractivity contribution in [2.24, 2.45) is 5.41 Å². The lowest BCUT2D eigenvalue weighted by Crippen LogP contribution is -2.28. The molecule has 1 aliphatic rings. The SMILES string of the molecule is CCCOc1cccc(/C=C2\NNC(=O)C2(C)C)c1. The van der Waals surface area contributed by atoms with Crippen molar-refractivity contribution in [1.29, 1.82) is 0 Å². The number of amides is 1. The number of hydrogen-bond donors (Lipinski definition) is 2. The molecule has 1 aromatic rings. The van der Waals surface area contributed by atoms with E-state index in [2.05, 4.69) is 17.8 Å². The van der Waals surface area contributed by atoms with Crippen LogP contribution in [0.2, 0.25) is 0 Å². The van der Waals surface area contributed by atoms with Crippen molar-refractivity contribution in [3.63, 3.8) is 0 Å². The van der Waals surface area contributed by atoms with Gasteiger partial charge in [0, 0.05) is 5.70 Å². The van der Waals surface area contributed by atoms with Crippen LogP contribution in [0.3, 0.4) is 0 Å². The fourth-order valence-electron chi connectivity index (χ4n) is 1.86. The smallest absolute Gasteiger partial charge is 0.249 e. The van der Waals surface area contributed by atoms with Crippen molar-refractivity contribution in [1.82, 2.24) is 10.9 Å². The van der Waals surface area contributed by atoms with Gasteiger partial charge in [0.2, 0.25) is 5.91 Å². The summed E-state index contributed by atoms with van der Waals surface area (Å²) in [6.07, 6.45) is 2.95. The van der Waals surface area contributed by atoms with Crippen LogP contribution in [0.4, 0.5) is 0 Å². The number of rotatable bonds is 4. The normalized spacial score (nSPS) is 19.1. The summed E-state index contributed by atoms with van der Waals surface area (Å²) in [7, 11) is 0. The predicted octanol–water partition coefficient (Wildman–Crippen LogP) is 2.48. The molecule has 1 heterocycles. The number of benzene rings is 1. The van der Waals surface area contributed by atoms with Crippen LogP contribution in [0, 0.1) is 5.41 Å². The average Bonchev–Trinajstić information content (AvgIpc) is 2.64. The van der Waals surface area contributed by atoms with E-state index in [4.69, 9.17) is 4.74 Å². The highest BCUT2D eigenvalue weighted by Crippen LogP contribution is 2.30. The highest BCUT2D eigenvalue weighted by Gasteiger charge is 2.37. The molecule has 1 saturated heterocycles. The summed E-state index contributed by atoms with van der Waals surface area (Å²) in [6, 6.07) is 7.86. The van der Waals surface area contributed by atoms with Crippen LogP contribution in [-0.2, 0) is 4.79 Å². The minimum Gasteiger partial charge on any atom is -0.494 e. The Labute approximate surface area is 113 Å². The molecular formula is C15H20N2O2. The lowest BCUT2D eigenvalue weighted by molar-refractivity contribution is -0.125. The van der Waals surface area contributed by atoms with Gasteiger partial charge in [-0.05, 0) is 44.0 Å². The highest BCUT2D eigenvalue weighted by molar-refractivity contribution is 5.89. The third kappa shape index (κ3) is 2.89. The molecule has 4 heteroatoms. The highest BCUT2D eigenvalue weighted by atomic mass is 16.5. The Morgan fingerprint density at radius 2 is 2.11 bits per heavy atom. The van der Waals surface area contributed by atoms with E-state index in [1.807, 2.05) is 44.2 Å². The number of nitrogens with one attached hydrogen (secondary N) is 2. The number of carbonyl (C=O) groups is 1. The summed E-state index contributed by atoms with van der Waals surface area (Å²) >= 11 is 0. The van der Waals surface area contributed by atoms with E-state index in [0.717, 1.165) is 23.4 Å². The maximum Gasteiger partial charge on any atom is 0.249 e. The van der Waals surface area contributed by atoms with Gasteiger partial charge >= 0.3 is 0 Å². The van der Waals surface area contributed by atoms with Crippen molar-refractivity contribution in [3.8, 4) is 5.75 Å². The molecule has 0 radical (unpaired) electrons. The average molecular weight is 260 g/mol. The molecule has 0 unspecified atom stereocenters. The first-order valence-electron chi connectivity index (χ1n) is 6.55. The number of carbonyl (C=O) groups excluding carboxylic acids is 1. The first-order valence-corrected chi connectivity index (χ1v) is 6.55. The molecule has 0 atom stereocenters. The maximum atomic E-state index is 11.7. The zero-order valence-corrected chi connectivity index (χ0v) is 11.6. The molecule has 102 valence electrons. The molecule has 0 aromatic heterocycles. The van der Waals surface area contributed by atoms with Gasteiger partial charge in [-0.15, -0.1) is 0 Å². The van der Waals surface area contributed by atoms with Gasteiger partial charge in [0.05, 0.1) is 12.0 Å². The van der Waals surface area contributed by atoms with E-state index >= 15 is 0 Å². The van der Waals surface area contributed by atoms with Crippen molar-refractivity contribution in [3.05, 3.63) is 35.5 Å². The van der Waals surface area contributed by atoms with Crippen molar-refractivity contribution in [2.75, 3.05) is 6.61 Å². The van der Waals surface area contributed by atoms with Gasteiger partial charge < -0.3 is 10.2 Å². The van der Waals surface area contributed by atoms with E-state index in [0.29, 0.717) is 6.61 Å². The Balaban J connectivity index is 2.21. The first kappa shape index (κ1) is 13.5. The molecule has 0 saturated carbocycles. The predicted molar refractivity (Wildman–Crippen MR) is 75.3 cm³/mol. The summed E-state index contributed by atoms with van der Waals surface area (Å²) in [4.78, 5) is 11.7. The van der Waals surface area contributed by atoms with E-state index in [9.17, 15) is 4.79 Å². The topological polar surface area (TPSA) is 50.4 Å². The van der Waals surface area contributed by atoms with Crippen LogP contribution in [0.25, 0.3) is 6.08 Å². The Kier molecular flexibility index (Phi) is 3.79. The van der Waals surface area contributed by atoms with Crippen LogP contribution in [0.5, 0.6) is 5.75 Å². The largest absolute Gasteiger partial charge is 0.494 e. The Morgan fingerprint density at radius 3 is 2.74 bits per heavy atom. The van der Waals surface area contributed by atoms with Crippen LogP contribution in [0.1, 0.15) is 32.8 Å². The summed E-state index contributed by atoms with van der Waals surface area (Å²) in [5, 5.41) is 0. The summed E-state index contributed by atoms with van der Waals surface area (Å²) in [5.41, 5.74) is 6.92. The van der Waals surface area contributed by atoms with Crippen LogP contribution in [0.15, 0.2) is 30.0 Å². The maximum absolute atomic E-state index is 11.7. The van der Waals surface area contributed by atoms with Gasteiger partial charge in [0.25, 0.3) is 0 Å². The molecular weight excluding hydrogens is 240 g/mol. The van der Waals surface area contributed by atoms with Gasteiger partial charge in [-0.2, -0.15) is 0 Å². The number of hydrazine groups is 1. The fourth-order valence-corrected chi connectivity index (χ4v) is 1.86. The van der Waals surface area contributed by atoms with Gasteiger partial charge in [0.15, 0.2) is 0 Å². The second kappa shape index (κ2) is 5.34. The van der Waals surface area contributed by atoms with E-state index in [1.165, 1.54) is 0 Å². The molecule has 1 aromatic carbocycles. The number of ether oxygens (including phenoxy) is 1. The molecule has 0 spiro atoms. The van der Waals surface area contributed by atoms with Crippen molar-refractivity contribution >= 4 is 12.0 Å². The van der Waals surface area contributed by atoms with Gasteiger partial charge in [-0.1, -0.05) is 19.1 Å². The molecule has 1 fully saturated rings. The third-order valence-corrected chi connectivity index (χ3v) is 3.19. The van der Waals surface area contributed by atoms with Crippen molar-refractivity contribution in [2.45, 2.75) is 27.2 Å². The second-order valence-corrected chi connectivity index (χ2v) is 5.18. The van der Waals surface area contributed by atoms with Gasteiger partial charge in [-0.25, -0.2) is 0 Å². The van der Waals surface area contributed by atoms with Crippen molar-refractivity contribution < 1.29 is 9.53 Å². The lowest BCUT2D eigenvalue weighted by Gasteiger charge is -2.14. The molecule has 4 nitrogen and oxygen atoms in total. The Hall–Kier alpha value is -1.97. The molecule has 2 rings (SSSR count). The zero-order valence-electron chi connectivity index (χ0n) is 11.6. The molecule has 19 heavy (non-hydrogen) atoms. The quantitative estimate of drug-likeness (QED) is 0.874. The van der Waals surface area contributed by atoms with E-state index in [-0.39, 0.29) is 5.91 Å². The fraction of sp³-hybridized carbons (Fsp3) is 0.400. The minimum absolute atomic E-state index is 0.0165. The zero-order chi connectivity index (χ0) is 13.9. The third-order valence-electron chi connectivity index (χ3n) is 3.19.